The number of hydrogen-bond acceptors (Lipinski definition) is 6. The van der Waals surface area contributed by atoms with E-state index in [1.807, 2.05) is 20.8 Å². The minimum atomic E-state index is -4.45. The quantitative estimate of drug-likeness (QED) is 0.174. The Morgan fingerprint density at radius 1 is 0.708 bits per heavy atom. The van der Waals surface area contributed by atoms with E-state index in [0.717, 1.165) is 19.3 Å². The van der Waals surface area contributed by atoms with Crippen LogP contribution in [0.3, 0.4) is 0 Å². The van der Waals surface area contributed by atoms with Crippen molar-refractivity contribution in [1.82, 2.24) is 0 Å². The fourth-order valence-corrected chi connectivity index (χ4v) is 3.92. The van der Waals surface area contributed by atoms with Crippen LogP contribution in [0.5, 0.6) is 0 Å². The van der Waals surface area contributed by atoms with E-state index in [4.69, 9.17) is 13.6 Å². The summed E-state index contributed by atoms with van der Waals surface area (Å²) >= 11 is 0. The minimum absolute atomic E-state index is 0. The average Bonchev–Trinajstić information content (AvgIpc) is 2.39. The number of phosphoric ester groups is 2. The molecule has 0 radical (unpaired) electrons. The Morgan fingerprint density at radius 3 is 1.38 bits per heavy atom. The molecule has 128 valence electrons. The summed E-state index contributed by atoms with van der Waals surface area (Å²) in [6.07, 6.45) is 4.37. The van der Waals surface area contributed by atoms with Crippen molar-refractivity contribution in [3.8, 4) is 0 Å². The molecule has 0 aliphatic rings. The first-order valence-electron chi connectivity index (χ1n) is 7.47. The normalized spacial score (nSPS) is 13.2. The Balaban J connectivity index is -0.000000667. The van der Waals surface area contributed by atoms with E-state index in [-0.39, 0.29) is 108 Å². The van der Waals surface area contributed by atoms with Crippen molar-refractivity contribution in [1.29, 1.82) is 0 Å². The molecule has 0 aromatic heterocycles. The van der Waals surface area contributed by atoms with Gasteiger partial charge in [-0.15, -0.1) is 0 Å². The maximum absolute atomic E-state index is 12.3. The molecule has 0 aromatic carbocycles. The standard InChI is InChI=1S/C12H28O7P2.3Na/c1-4-7-10-16-20(13,14)19-21(15,17-11-8-5-2)18-12-9-6-3;;;/h4-12H2,1-3H3,(H,13,14);;;/q;3*+1. The van der Waals surface area contributed by atoms with E-state index in [2.05, 4.69) is 4.31 Å². The Labute approximate surface area is 212 Å². The number of unbranched alkanes of at least 4 members (excludes halogenated alkanes) is 3. The van der Waals surface area contributed by atoms with Gasteiger partial charge in [0.2, 0.25) is 0 Å². The predicted molar refractivity (Wildman–Crippen MR) is 81.1 cm³/mol. The van der Waals surface area contributed by atoms with Crippen molar-refractivity contribution >= 4 is 15.6 Å². The molecule has 0 spiro atoms. The molecule has 0 rings (SSSR count). The minimum Gasteiger partial charge on any atom is -0.302 e. The largest absolute Gasteiger partial charge is 1.00 e. The van der Waals surface area contributed by atoms with Crippen LogP contribution in [-0.2, 0) is 27.0 Å². The summed E-state index contributed by atoms with van der Waals surface area (Å²) in [4.78, 5) is 9.57. The first-order valence-corrected chi connectivity index (χ1v) is 10.4. The molecule has 12 heteroatoms. The van der Waals surface area contributed by atoms with Gasteiger partial charge in [0.15, 0.2) is 0 Å². The Bertz CT molecular complexity index is 348. The molecule has 0 aromatic rings. The second kappa shape index (κ2) is 21.0. The molecule has 0 fully saturated rings. The van der Waals surface area contributed by atoms with Crippen molar-refractivity contribution < 1.29 is 121 Å². The van der Waals surface area contributed by atoms with Gasteiger partial charge in [-0.3, -0.25) is 13.6 Å². The van der Waals surface area contributed by atoms with Gasteiger partial charge in [-0.1, -0.05) is 40.0 Å². The van der Waals surface area contributed by atoms with Gasteiger partial charge in [0, 0.05) is 0 Å². The summed E-state index contributed by atoms with van der Waals surface area (Å²) in [6, 6.07) is 0. The molecule has 1 atom stereocenters. The van der Waals surface area contributed by atoms with Crippen LogP contribution in [-0.4, -0.2) is 24.7 Å². The predicted octanol–water partition coefficient (Wildman–Crippen LogP) is -4.33. The molecule has 7 nitrogen and oxygen atoms in total. The van der Waals surface area contributed by atoms with Gasteiger partial charge in [0.05, 0.1) is 19.8 Å². The molecule has 0 amide bonds. The average molecular weight is 415 g/mol. The summed E-state index contributed by atoms with van der Waals surface area (Å²) in [5.41, 5.74) is 0. The van der Waals surface area contributed by atoms with Crippen LogP contribution in [0.1, 0.15) is 59.3 Å². The topological polar surface area (TPSA) is 91.3 Å². The summed E-state index contributed by atoms with van der Waals surface area (Å²) in [7, 11) is -8.54. The van der Waals surface area contributed by atoms with Crippen molar-refractivity contribution in [2.24, 2.45) is 0 Å². The van der Waals surface area contributed by atoms with E-state index in [0.29, 0.717) is 19.3 Å². The van der Waals surface area contributed by atoms with Crippen LogP contribution in [0, 0.1) is 0 Å². The van der Waals surface area contributed by atoms with Crippen LogP contribution >= 0.6 is 15.6 Å². The molecule has 0 heterocycles. The Hall–Kier alpha value is 3.26. The van der Waals surface area contributed by atoms with Gasteiger partial charge >= 0.3 is 104 Å². The molecule has 1 unspecified atom stereocenters. The smallest absolute Gasteiger partial charge is 0.302 e. The van der Waals surface area contributed by atoms with E-state index >= 15 is 0 Å². The van der Waals surface area contributed by atoms with E-state index in [1.165, 1.54) is 0 Å². The van der Waals surface area contributed by atoms with Crippen LogP contribution in [0.4, 0.5) is 0 Å². The first kappa shape index (κ1) is 34.7. The molecule has 0 bridgehead atoms. The van der Waals surface area contributed by atoms with Gasteiger partial charge < -0.3 is 4.89 Å². The van der Waals surface area contributed by atoms with Crippen LogP contribution in [0.25, 0.3) is 0 Å². The number of rotatable bonds is 14. The summed E-state index contributed by atoms with van der Waals surface area (Å²) in [5, 5.41) is 0. The number of phosphoric acid groups is 2. The van der Waals surface area contributed by atoms with E-state index < -0.39 is 15.6 Å². The number of hydrogen-bond donors (Lipinski definition) is 1. The summed E-state index contributed by atoms with van der Waals surface area (Å²) < 4.78 is 43.6. The van der Waals surface area contributed by atoms with E-state index in [1.54, 1.807) is 0 Å². The third-order valence-corrected chi connectivity index (χ3v) is 5.58. The maximum atomic E-state index is 12.3. The van der Waals surface area contributed by atoms with Crippen molar-refractivity contribution in [3.05, 3.63) is 0 Å². The molecule has 0 saturated heterocycles. The summed E-state index contributed by atoms with van der Waals surface area (Å²) in [5.74, 6) is 0. The van der Waals surface area contributed by atoms with Gasteiger partial charge in [-0.05, 0) is 19.3 Å². The molecule has 0 aliphatic carbocycles. The monoisotopic (exact) mass is 415 g/mol. The van der Waals surface area contributed by atoms with Crippen LogP contribution in [0.15, 0.2) is 0 Å². The molecular formula is C12H28Na3O7P2+3. The first-order chi connectivity index (χ1) is 9.89. The second-order valence-corrected chi connectivity index (χ2v) is 7.82. The van der Waals surface area contributed by atoms with Gasteiger partial charge in [0.25, 0.3) is 0 Å². The Morgan fingerprint density at radius 2 is 1.04 bits per heavy atom. The maximum Gasteiger partial charge on any atom is 1.00 e. The van der Waals surface area contributed by atoms with Gasteiger partial charge in [-0.2, -0.15) is 4.31 Å². The zero-order valence-electron chi connectivity index (χ0n) is 16.2. The SMILES string of the molecule is CCCCOP(=O)(O)OP(=O)(OCCCC)OCCCC.[Na+].[Na+].[Na+]. The van der Waals surface area contributed by atoms with Gasteiger partial charge in [0.1, 0.15) is 0 Å². The van der Waals surface area contributed by atoms with Gasteiger partial charge in [-0.25, -0.2) is 9.13 Å². The van der Waals surface area contributed by atoms with Crippen molar-refractivity contribution in [3.63, 3.8) is 0 Å². The fraction of sp³-hybridized carbons (Fsp3) is 1.00. The molecule has 24 heavy (non-hydrogen) atoms. The molecular weight excluding hydrogens is 387 g/mol. The van der Waals surface area contributed by atoms with Crippen LogP contribution in [0.2, 0.25) is 0 Å². The molecule has 1 N–H and O–H groups in total. The fourth-order valence-electron chi connectivity index (χ4n) is 1.20. The zero-order chi connectivity index (χ0) is 16.2. The second-order valence-electron chi connectivity index (χ2n) is 4.56. The Kier molecular flexibility index (Phi) is 30.4. The third-order valence-electron chi connectivity index (χ3n) is 2.45. The third kappa shape index (κ3) is 20.0. The summed E-state index contributed by atoms with van der Waals surface area (Å²) in [6.45, 7) is 6.12. The molecule has 0 saturated carbocycles. The molecule has 0 aliphatic heterocycles. The van der Waals surface area contributed by atoms with Crippen molar-refractivity contribution in [2.75, 3.05) is 19.8 Å². The van der Waals surface area contributed by atoms with Crippen molar-refractivity contribution in [2.45, 2.75) is 59.3 Å². The zero-order valence-corrected chi connectivity index (χ0v) is 23.9. The van der Waals surface area contributed by atoms with Crippen LogP contribution < -0.4 is 88.7 Å². The van der Waals surface area contributed by atoms with E-state index in [9.17, 15) is 14.0 Å².